The molecule has 0 saturated heterocycles. The second-order valence-electron chi connectivity index (χ2n) is 3.06. The van der Waals surface area contributed by atoms with E-state index in [4.69, 9.17) is 5.53 Å². The molecule has 0 unspecified atom stereocenters. The lowest BCUT2D eigenvalue weighted by atomic mass is 10.1. The van der Waals surface area contributed by atoms with Gasteiger partial charge in [0.05, 0.1) is 6.61 Å². The summed E-state index contributed by atoms with van der Waals surface area (Å²) in [5.41, 5.74) is 8.05. The minimum Gasteiger partial charge on any atom is -0.457 e. The normalized spacial score (nSPS) is 9.24. The smallest absolute Gasteiger partial charge is 0.441 e. The Morgan fingerprint density at radius 3 is 2.76 bits per heavy atom. The van der Waals surface area contributed by atoms with Crippen molar-refractivity contribution in [2.24, 2.45) is 0 Å². The van der Waals surface area contributed by atoms with Crippen LogP contribution in [0.3, 0.4) is 0 Å². The topological polar surface area (TPSA) is 79.8 Å². The number of nitrogens with zero attached hydrogens (tertiary/aromatic N) is 2. The molecule has 94 valence electrons. The SMILES string of the molecule is C=CCSCCCC(=O)C(=[N+]=[N-])C(=O)OCC. The van der Waals surface area contributed by atoms with Gasteiger partial charge in [-0.25, -0.2) is 4.79 Å². The number of hydrogen-bond acceptors (Lipinski definition) is 4. The summed E-state index contributed by atoms with van der Waals surface area (Å²) < 4.78 is 4.59. The highest BCUT2D eigenvalue weighted by atomic mass is 32.2. The van der Waals surface area contributed by atoms with Crippen molar-refractivity contribution in [2.45, 2.75) is 19.8 Å². The number of thioether (sulfide) groups is 1. The molecule has 0 rings (SSSR count). The minimum atomic E-state index is -0.876. The van der Waals surface area contributed by atoms with Crippen LogP contribution in [0.5, 0.6) is 0 Å². The quantitative estimate of drug-likeness (QED) is 0.119. The van der Waals surface area contributed by atoms with Gasteiger partial charge >= 0.3 is 11.7 Å². The van der Waals surface area contributed by atoms with E-state index in [9.17, 15) is 9.59 Å². The van der Waals surface area contributed by atoms with Crippen molar-refractivity contribution in [1.82, 2.24) is 0 Å². The van der Waals surface area contributed by atoms with Crippen LogP contribution in [0.4, 0.5) is 0 Å². The first-order chi connectivity index (χ1) is 8.17. The Labute approximate surface area is 105 Å². The van der Waals surface area contributed by atoms with Crippen molar-refractivity contribution in [3.8, 4) is 0 Å². The number of rotatable bonds is 9. The third-order valence-electron chi connectivity index (χ3n) is 1.76. The number of esters is 1. The Hall–Kier alpha value is -1.39. The second-order valence-corrected chi connectivity index (χ2v) is 4.21. The first-order valence-electron chi connectivity index (χ1n) is 5.28. The molecule has 0 spiro atoms. The molecule has 0 amide bonds. The average Bonchev–Trinajstić information content (AvgIpc) is 2.30. The number of Topliss-reactive ketones (excluding diaryl/α,β-unsaturated/α-hetero) is 1. The van der Waals surface area contributed by atoms with E-state index in [1.54, 1.807) is 24.8 Å². The number of carbonyl (C=O) groups is 2. The van der Waals surface area contributed by atoms with E-state index in [0.717, 1.165) is 11.5 Å². The molecule has 0 N–H and O–H groups in total. The fourth-order valence-electron chi connectivity index (χ4n) is 1.03. The molecule has 0 radical (unpaired) electrons. The van der Waals surface area contributed by atoms with Crippen LogP contribution < -0.4 is 0 Å². The van der Waals surface area contributed by atoms with Crippen LogP contribution >= 0.6 is 11.8 Å². The lowest BCUT2D eigenvalue weighted by Gasteiger charge is -1.98. The predicted octanol–water partition coefficient (Wildman–Crippen LogP) is 1.49. The lowest BCUT2D eigenvalue weighted by molar-refractivity contribution is -0.141. The molecule has 0 saturated carbocycles. The van der Waals surface area contributed by atoms with Gasteiger partial charge in [-0.1, -0.05) is 6.08 Å². The van der Waals surface area contributed by atoms with Gasteiger partial charge in [-0.15, -0.1) is 6.58 Å². The third kappa shape index (κ3) is 6.71. The van der Waals surface area contributed by atoms with Crippen LogP contribution in [0.1, 0.15) is 19.8 Å². The molecule has 0 aromatic heterocycles. The molecule has 6 heteroatoms. The third-order valence-corrected chi connectivity index (χ3v) is 2.81. The van der Waals surface area contributed by atoms with Crippen LogP contribution in [0, 0.1) is 0 Å². The van der Waals surface area contributed by atoms with Gasteiger partial charge in [0.1, 0.15) is 0 Å². The predicted molar refractivity (Wildman–Crippen MR) is 67.0 cm³/mol. The first-order valence-corrected chi connectivity index (χ1v) is 6.43. The van der Waals surface area contributed by atoms with Gasteiger partial charge in [-0.3, -0.25) is 4.79 Å². The van der Waals surface area contributed by atoms with E-state index in [1.165, 1.54) is 0 Å². The Morgan fingerprint density at radius 1 is 1.53 bits per heavy atom. The van der Waals surface area contributed by atoms with Gasteiger partial charge in [0.25, 0.3) is 5.78 Å². The van der Waals surface area contributed by atoms with Crippen LogP contribution in [0.2, 0.25) is 0 Å². The number of hydrogen-bond donors (Lipinski definition) is 0. The Morgan fingerprint density at radius 2 is 2.24 bits per heavy atom. The van der Waals surface area contributed by atoms with Gasteiger partial charge < -0.3 is 10.3 Å². The Bertz CT molecular complexity index is 336. The van der Waals surface area contributed by atoms with E-state index in [2.05, 4.69) is 16.1 Å². The molecule has 0 aliphatic rings. The van der Waals surface area contributed by atoms with Gasteiger partial charge in [-0.2, -0.15) is 16.6 Å². The number of carbonyl (C=O) groups excluding carboxylic acids is 2. The monoisotopic (exact) mass is 256 g/mol. The van der Waals surface area contributed by atoms with E-state index in [-0.39, 0.29) is 13.0 Å². The largest absolute Gasteiger partial charge is 0.457 e. The number of ether oxygens (including phenoxy) is 1. The fourth-order valence-corrected chi connectivity index (χ4v) is 1.71. The highest BCUT2D eigenvalue weighted by Crippen LogP contribution is 2.05. The molecule has 0 aliphatic heterocycles. The first kappa shape index (κ1) is 15.6. The molecule has 5 nitrogen and oxygen atoms in total. The summed E-state index contributed by atoms with van der Waals surface area (Å²) in [5.74, 6) is 0.246. The summed E-state index contributed by atoms with van der Waals surface area (Å²) in [4.78, 5) is 25.4. The van der Waals surface area contributed by atoms with Crippen molar-refractivity contribution in [3.05, 3.63) is 18.2 Å². The zero-order valence-corrected chi connectivity index (χ0v) is 10.7. The molecular formula is C11H16N2O3S. The molecule has 0 fully saturated rings. The highest BCUT2D eigenvalue weighted by molar-refractivity contribution is 7.99. The van der Waals surface area contributed by atoms with Crippen LogP contribution in [-0.2, 0) is 14.3 Å². The van der Waals surface area contributed by atoms with Gasteiger partial charge in [0.2, 0.25) is 0 Å². The fraction of sp³-hybridized carbons (Fsp3) is 0.545. The van der Waals surface area contributed by atoms with Crippen LogP contribution in [-0.4, -0.2) is 40.4 Å². The molecule has 17 heavy (non-hydrogen) atoms. The van der Waals surface area contributed by atoms with E-state index < -0.39 is 17.5 Å². The zero-order chi connectivity index (χ0) is 13.1. The molecule has 0 aromatic carbocycles. The molecule has 0 atom stereocenters. The molecular weight excluding hydrogens is 240 g/mol. The molecule has 0 aliphatic carbocycles. The molecule has 0 aromatic rings. The standard InChI is InChI=1S/C11H16N2O3S/c1-3-7-17-8-5-6-9(14)10(13-12)11(15)16-4-2/h3H,1,4-8H2,2H3. The minimum absolute atomic E-state index is 0.139. The van der Waals surface area contributed by atoms with Crippen molar-refractivity contribution in [1.29, 1.82) is 0 Å². The summed E-state index contributed by atoms with van der Waals surface area (Å²) in [5, 5.41) is 0. The van der Waals surface area contributed by atoms with E-state index in [0.29, 0.717) is 6.42 Å². The average molecular weight is 256 g/mol. The maximum Gasteiger partial charge on any atom is 0.441 e. The number of ketones is 1. The summed E-state index contributed by atoms with van der Waals surface area (Å²) in [6, 6.07) is 0. The highest BCUT2D eigenvalue weighted by Gasteiger charge is 2.29. The summed E-state index contributed by atoms with van der Waals surface area (Å²) in [6.07, 6.45) is 2.57. The Balaban J connectivity index is 4.06. The maximum atomic E-state index is 11.5. The lowest BCUT2D eigenvalue weighted by Crippen LogP contribution is -2.27. The zero-order valence-electron chi connectivity index (χ0n) is 9.85. The van der Waals surface area contributed by atoms with Gasteiger partial charge in [0, 0.05) is 12.2 Å². The molecule has 0 bridgehead atoms. The van der Waals surface area contributed by atoms with Crippen molar-refractivity contribution in [3.63, 3.8) is 0 Å². The van der Waals surface area contributed by atoms with Crippen molar-refractivity contribution in [2.75, 3.05) is 18.1 Å². The summed E-state index contributed by atoms with van der Waals surface area (Å²) >= 11 is 1.64. The van der Waals surface area contributed by atoms with E-state index >= 15 is 0 Å². The van der Waals surface area contributed by atoms with Crippen LogP contribution in [0.15, 0.2) is 12.7 Å². The van der Waals surface area contributed by atoms with Gasteiger partial charge in [0.15, 0.2) is 0 Å². The van der Waals surface area contributed by atoms with Gasteiger partial charge in [-0.05, 0) is 19.1 Å². The summed E-state index contributed by atoms with van der Waals surface area (Å²) in [7, 11) is 0. The van der Waals surface area contributed by atoms with Crippen molar-refractivity contribution >= 4 is 29.2 Å². The van der Waals surface area contributed by atoms with Crippen molar-refractivity contribution < 1.29 is 19.1 Å². The summed E-state index contributed by atoms with van der Waals surface area (Å²) in [6.45, 7) is 5.33. The second kappa shape index (κ2) is 9.81. The van der Waals surface area contributed by atoms with Crippen LogP contribution in [0.25, 0.3) is 5.53 Å². The molecule has 0 heterocycles. The maximum absolute atomic E-state index is 11.5. The Kier molecular flexibility index (Phi) is 9.01. The van der Waals surface area contributed by atoms with E-state index in [1.807, 2.05) is 0 Å².